The van der Waals surface area contributed by atoms with Crippen molar-refractivity contribution in [1.82, 2.24) is 10.6 Å². The van der Waals surface area contributed by atoms with Crippen LogP contribution in [0.25, 0.3) is 0 Å². The summed E-state index contributed by atoms with van der Waals surface area (Å²) in [6, 6.07) is 5.98. The number of carbonyl (C=O) groups excluding carboxylic acids is 1. The summed E-state index contributed by atoms with van der Waals surface area (Å²) in [7, 11) is 0. The lowest BCUT2D eigenvalue weighted by Gasteiger charge is -2.11. The summed E-state index contributed by atoms with van der Waals surface area (Å²) in [5.74, 6) is -0.273. The van der Waals surface area contributed by atoms with Crippen molar-refractivity contribution >= 4 is 6.03 Å². The van der Waals surface area contributed by atoms with E-state index in [1.807, 2.05) is 13.0 Å². The van der Waals surface area contributed by atoms with Crippen LogP contribution in [0.3, 0.4) is 0 Å². The minimum absolute atomic E-state index is 0.250. The molecule has 0 heterocycles. The average Bonchev–Trinajstić information content (AvgIpc) is 2.37. The highest BCUT2D eigenvalue weighted by Gasteiger charge is 2.05. The van der Waals surface area contributed by atoms with E-state index in [0.29, 0.717) is 19.4 Å². The maximum atomic E-state index is 12.9. The summed E-state index contributed by atoms with van der Waals surface area (Å²) >= 11 is 0. The molecule has 0 spiro atoms. The van der Waals surface area contributed by atoms with Crippen LogP contribution >= 0.6 is 0 Å². The number of rotatable bonds is 7. The third-order valence-electron chi connectivity index (χ3n) is 2.71. The van der Waals surface area contributed by atoms with Gasteiger partial charge in [0.2, 0.25) is 0 Å². The molecule has 0 radical (unpaired) electrons. The molecule has 1 aromatic carbocycles. The lowest BCUT2D eigenvalue weighted by atomic mass is 10.1. The van der Waals surface area contributed by atoms with Gasteiger partial charge in [-0.1, -0.05) is 25.5 Å². The molecule has 0 bridgehead atoms. The van der Waals surface area contributed by atoms with Crippen molar-refractivity contribution in [2.45, 2.75) is 32.3 Å². The minimum atomic E-state index is -0.501. The fraction of sp³-hybridized carbons (Fsp3) is 0.500. The van der Waals surface area contributed by atoms with E-state index >= 15 is 0 Å². The van der Waals surface area contributed by atoms with Gasteiger partial charge < -0.3 is 15.7 Å². The Labute approximate surface area is 113 Å². The van der Waals surface area contributed by atoms with Crippen molar-refractivity contribution in [3.63, 3.8) is 0 Å². The molecular weight excluding hydrogens is 247 g/mol. The molecule has 0 aliphatic heterocycles. The quantitative estimate of drug-likeness (QED) is 0.706. The zero-order valence-corrected chi connectivity index (χ0v) is 11.2. The Hall–Kier alpha value is -1.62. The second kappa shape index (κ2) is 8.48. The molecule has 0 fully saturated rings. The van der Waals surface area contributed by atoms with Gasteiger partial charge >= 0.3 is 6.03 Å². The number of hydrogen-bond acceptors (Lipinski definition) is 2. The lowest BCUT2D eigenvalue weighted by molar-refractivity contribution is 0.160. The van der Waals surface area contributed by atoms with Gasteiger partial charge in [-0.2, -0.15) is 0 Å². The van der Waals surface area contributed by atoms with Crippen molar-refractivity contribution in [2.75, 3.05) is 13.1 Å². The Balaban J connectivity index is 2.17. The molecule has 1 aromatic rings. The molecular formula is C14H21FN2O2. The molecule has 1 rings (SSSR count). The summed E-state index contributed by atoms with van der Waals surface area (Å²) in [5.41, 5.74) is 0.839. The first-order chi connectivity index (χ1) is 9.11. The lowest BCUT2D eigenvalue weighted by Crippen LogP contribution is -2.40. The average molecular weight is 268 g/mol. The van der Waals surface area contributed by atoms with Crippen LogP contribution < -0.4 is 10.6 Å². The highest BCUT2D eigenvalue weighted by Crippen LogP contribution is 2.03. The summed E-state index contributed by atoms with van der Waals surface area (Å²) in [6.45, 7) is 2.65. The molecule has 0 aromatic heterocycles. The minimum Gasteiger partial charge on any atom is -0.391 e. The number of nitrogens with one attached hydrogen (secondary N) is 2. The number of benzene rings is 1. The molecule has 3 N–H and O–H groups in total. The van der Waals surface area contributed by atoms with E-state index in [1.54, 1.807) is 6.07 Å². The summed E-state index contributed by atoms with van der Waals surface area (Å²) in [4.78, 5) is 11.4. The van der Waals surface area contributed by atoms with Crippen LogP contribution in [0, 0.1) is 5.82 Å². The monoisotopic (exact) mass is 268 g/mol. The predicted octanol–water partition coefficient (Wildman–Crippen LogP) is 1.83. The van der Waals surface area contributed by atoms with Crippen molar-refractivity contribution in [1.29, 1.82) is 0 Å². The van der Waals surface area contributed by atoms with Gasteiger partial charge in [0.05, 0.1) is 6.10 Å². The largest absolute Gasteiger partial charge is 0.391 e. The third kappa shape index (κ3) is 6.76. The van der Waals surface area contributed by atoms with E-state index in [2.05, 4.69) is 10.6 Å². The molecule has 1 unspecified atom stereocenters. The highest BCUT2D eigenvalue weighted by molar-refractivity contribution is 5.73. The fourth-order valence-corrected chi connectivity index (χ4v) is 1.72. The first-order valence-electron chi connectivity index (χ1n) is 6.56. The van der Waals surface area contributed by atoms with Crippen LogP contribution in [-0.2, 0) is 6.42 Å². The van der Waals surface area contributed by atoms with Crippen LogP contribution in [0.2, 0.25) is 0 Å². The number of aliphatic hydroxyl groups excluding tert-OH is 1. The second-order valence-electron chi connectivity index (χ2n) is 4.46. The van der Waals surface area contributed by atoms with Crippen molar-refractivity contribution < 1.29 is 14.3 Å². The number of halogens is 1. The van der Waals surface area contributed by atoms with Gasteiger partial charge in [-0.25, -0.2) is 9.18 Å². The van der Waals surface area contributed by atoms with Gasteiger partial charge in [0.15, 0.2) is 0 Å². The van der Waals surface area contributed by atoms with E-state index < -0.39 is 6.10 Å². The molecule has 106 valence electrons. The van der Waals surface area contributed by atoms with Gasteiger partial charge in [0, 0.05) is 13.1 Å². The Kier molecular flexibility index (Phi) is 6.89. The topological polar surface area (TPSA) is 61.4 Å². The Morgan fingerprint density at radius 1 is 1.42 bits per heavy atom. The van der Waals surface area contributed by atoms with Crippen molar-refractivity contribution in [3.8, 4) is 0 Å². The van der Waals surface area contributed by atoms with Gasteiger partial charge in [-0.15, -0.1) is 0 Å². The van der Waals surface area contributed by atoms with Gasteiger partial charge in [-0.05, 0) is 30.5 Å². The Bertz CT molecular complexity index is 399. The smallest absolute Gasteiger partial charge is 0.314 e. The standard InChI is InChI=1S/C14H21FN2O2/c1-2-4-13(18)10-17-14(19)16-8-7-11-5-3-6-12(15)9-11/h3,5-6,9,13,18H,2,4,7-8,10H2,1H3,(H2,16,17,19). The van der Waals surface area contributed by atoms with Crippen LogP contribution in [0.15, 0.2) is 24.3 Å². The third-order valence-corrected chi connectivity index (χ3v) is 2.71. The summed E-state index contributed by atoms with van der Waals surface area (Å²) in [6.07, 6.45) is 1.62. The number of urea groups is 1. The van der Waals surface area contributed by atoms with Gasteiger partial charge in [0.1, 0.15) is 5.82 Å². The summed E-state index contributed by atoms with van der Waals surface area (Å²) < 4.78 is 12.9. The molecule has 2 amide bonds. The zero-order chi connectivity index (χ0) is 14.1. The van der Waals surface area contributed by atoms with E-state index in [1.165, 1.54) is 12.1 Å². The molecule has 0 aliphatic carbocycles. The van der Waals surface area contributed by atoms with Crippen LogP contribution in [0.1, 0.15) is 25.3 Å². The highest BCUT2D eigenvalue weighted by atomic mass is 19.1. The number of amides is 2. The molecule has 5 heteroatoms. The maximum Gasteiger partial charge on any atom is 0.314 e. The SMILES string of the molecule is CCCC(O)CNC(=O)NCCc1cccc(F)c1. The molecule has 0 saturated carbocycles. The molecule has 1 atom stereocenters. The van der Waals surface area contributed by atoms with Crippen LogP contribution in [0.5, 0.6) is 0 Å². The van der Waals surface area contributed by atoms with E-state index in [4.69, 9.17) is 0 Å². The molecule has 0 aliphatic rings. The Morgan fingerprint density at radius 3 is 2.89 bits per heavy atom. The molecule has 0 saturated heterocycles. The normalized spacial score (nSPS) is 11.9. The van der Waals surface area contributed by atoms with Gasteiger partial charge in [-0.3, -0.25) is 0 Å². The van der Waals surface area contributed by atoms with Crippen LogP contribution in [0.4, 0.5) is 9.18 Å². The maximum absolute atomic E-state index is 12.9. The number of hydrogen-bond donors (Lipinski definition) is 3. The van der Waals surface area contributed by atoms with Crippen LogP contribution in [-0.4, -0.2) is 30.3 Å². The van der Waals surface area contributed by atoms with E-state index in [-0.39, 0.29) is 18.4 Å². The summed E-state index contributed by atoms with van der Waals surface area (Å²) in [5, 5.41) is 14.7. The van der Waals surface area contributed by atoms with E-state index in [0.717, 1.165) is 12.0 Å². The zero-order valence-electron chi connectivity index (χ0n) is 11.2. The second-order valence-corrected chi connectivity index (χ2v) is 4.46. The Morgan fingerprint density at radius 2 is 2.21 bits per heavy atom. The molecule has 19 heavy (non-hydrogen) atoms. The fourth-order valence-electron chi connectivity index (χ4n) is 1.72. The van der Waals surface area contributed by atoms with E-state index in [9.17, 15) is 14.3 Å². The van der Waals surface area contributed by atoms with Gasteiger partial charge in [0.25, 0.3) is 0 Å². The van der Waals surface area contributed by atoms with Crippen molar-refractivity contribution in [2.24, 2.45) is 0 Å². The first-order valence-corrected chi connectivity index (χ1v) is 6.56. The number of aliphatic hydroxyl groups is 1. The number of carbonyl (C=O) groups is 1. The first kappa shape index (κ1) is 15.4. The molecule has 4 nitrogen and oxygen atoms in total. The predicted molar refractivity (Wildman–Crippen MR) is 72.4 cm³/mol. The van der Waals surface area contributed by atoms with Crippen molar-refractivity contribution in [3.05, 3.63) is 35.6 Å².